The summed E-state index contributed by atoms with van der Waals surface area (Å²) in [6.07, 6.45) is -10.2. The van der Waals surface area contributed by atoms with E-state index >= 15 is 0 Å². The molecule has 0 aliphatic carbocycles. The van der Waals surface area contributed by atoms with Crippen LogP contribution in [0.15, 0.2) is 95.4 Å². The number of hydrogen-bond acceptors (Lipinski definition) is 10. The zero-order valence-electron chi connectivity index (χ0n) is 33.2. The summed E-state index contributed by atoms with van der Waals surface area (Å²) < 4.78 is 147. The molecule has 0 unspecified atom stereocenters. The number of aromatic nitrogens is 4. The highest BCUT2D eigenvalue weighted by molar-refractivity contribution is 6.31. The Bertz CT molecular complexity index is 2880. The molecule has 0 bridgehead atoms. The van der Waals surface area contributed by atoms with Crippen molar-refractivity contribution in [3.63, 3.8) is 0 Å². The second-order valence-corrected chi connectivity index (χ2v) is 15.5. The number of alkyl halides is 8. The van der Waals surface area contributed by atoms with Gasteiger partial charge in [0.25, 0.3) is 12.0 Å². The molecule has 8 rings (SSSR count). The Balaban J connectivity index is 0.000000194. The highest BCUT2D eigenvalue weighted by atomic mass is 35.5. The lowest BCUT2D eigenvalue weighted by Crippen LogP contribution is -2.48. The number of hydrogen-bond donors (Lipinski definition) is 2. The molecule has 0 saturated carbocycles. The lowest BCUT2D eigenvalue weighted by atomic mass is 9.83. The van der Waals surface area contributed by atoms with Crippen molar-refractivity contribution in [1.82, 2.24) is 19.9 Å². The summed E-state index contributed by atoms with van der Waals surface area (Å²) in [5.41, 5.74) is 9.17. The van der Waals surface area contributed by atoms with Crippen molar-refractivity contribution < 1.29 is 53.4 Å². The maximum absolute atomic E-state index is 14.8. The Morgan fingerprint density at radius 2 is 1.11 bits per heavy atom. The zero-order chi connectivity index (χ0) is 46.9. The van der Waals surface area contributed by atoms with E-state index in [9.17, 15) is 43.9 Å². The fraction of sp³-hybridized carbons (Fsp3) is 0.279. The lowest BCUT2D eigenvalue weighted by Gasteiger charge is -2.36. The van der Waals surface area contributed by atoms with Gasteiger partial charge in [0, 0.05) is 67.0 Å². The van der Waals surface area contributed by atoms with E-state index in [1.54, 1.807) is 30.5 Å². The van der Waals surface area contributed by atoms with Crippen LogP contribution in [0.4, 0.5) is 49.6 Å². The summed E-state index contributed by atoms with van der Waals surface area (Å²) >= 11 is 5.97. The smallest absolute Gasteiger partial charge is 0.425 e. The summed E-state index contributed by atoms with van der Waals surface area (Å²) in [5, 5.41) is 1.85. The van der Waals surface area contributed by atoms with Crippen molar-refractivity contribution in [2.45, 2.75) is 61.3 Å². The molecule has 22 heteroatoms. The molecule has 11 nitrogen and oxygen atoms in total. The van der Waals surface area contributed by atoms with E-state index in [0.717, 1.165) is 17.5 Å². The standard InChI is InChI=1S/C22H16F5N5O.C21H16ClF5N4O/c1-29-14-8-13-4-5-30-17(19(13)31-10-14)7-12-2-3-16(24)15(6-12)21(11-23)9-18(22(25,26)27)33-20(28)32-21;22-13-7-12-3-4-29-16(18(12)30-9-13)6-11-1-2-15(24)14(5-11)20(10-23)8-17(21(25,26)27)32-19(28)31-20/h2-6,8,10,18H,7,9,11H2,(H2,28,32);1-5,7,9,17H,6,8,10H2,(H2,28,31)/t18-,21+;17-,20+/m00/s1. The van der Waals surface area contributed by atoms with Gasteiger partial charge in [0.15, 0.2) is 12.2 Å². The summed E-state index contributed by atoms with van der Waals surface area (Å²) in [6, 6.07) is 12.6. The Morgan fingerprint density at radius 1 is 0.662 bits per heavy atom. The van der Waals surface area contributed by atoms with Crippen molar-refractivity contribution in [3.05, 3.63) is 147 Å². The quantitative estimate of drug-likeness (QED) is 0.113. The Morgan fingerprint density at radius 3 is 1.54 bits per heavy atom. The van der Waals surface area contributed by atoms with Crippen molar-refractivity contribution in [1.29, 1.82) is 0 Å². The Labute approximate surface area is 367 Å². The molecule has 0 radical (unpaired) electrons. The molecule has 2 aliphatic rings. The minimum atomic E-state index is -4.84. The lowest BCUT2D eigenvalue weighted by molar-refractivity contribution is -0.209. The van der Waals surface area contributed by atoms with Gasteiger partial charge >= 0.3 is 12.4 Å². The van der Waals surface area contributed by atoms with Gasteiger partial charge in [-0.05, 0) is 65.0 Å². The minimum Gasteiger partial charge on any atom is -0.452 e. The van der Waals surface area contributed by atoms with Crippen LogP contribution < -0.4 is 11.5 Å². The first-order valence-electron chi connectivity index (χ1n) is 19.1. The molecule has 2 aromatic carbocycles. The minimum absolute atomic E-state index is 0.135. The molecule has 0 spiro atoms. The van der Waals surface area contributed by atoms with E-state index in [1.807, 2.05) is 0 Å². The van der Waals surface area contributed by atoms with Gasteiger partial charge in [-0.15, -0.1) is 0 Å². The van der Waals surface area contributed by atoms with Crippen molar-refractivity contribution in [2.24, 2.45) is 21.5 Å². The number of benzene rings is 2. The first-order chi connectivity index (χ1) is 30.8. The largest absolute Gasteiger partial charge is 0.452 e. The molecule has 6 aromatic rings. The van der Waals surface area contributed by atoms with Gasteiger partial charge in [0.05, 0.1) is 34.0 Å². The molecule has 2 aliphatic heterocycles. The first-order valence-corrected chi connectivity index (χ1v) is 19.5. The summed E-state index contributed by atoms with van der Waals surface area (Å²) in [6.45, 7) is 4.30. The van der Waals surface area contributed by atoms with Crippen LogP contribution in [0.5, 0.6) is 0 Å². The molecule has 6 heterocycles. The second kappa shape index (κ2) is 18.0. The van der Waals surface area contributed by atoms with Gasteiger partial charge in [0.2, 0.25) is 5.69 Å². The summed E-state index contributed by atoms with van der Waals surface area (Å²) in [7, 11) is 0. The van der Waals surface area contributed by atoms with Gasteiger partial charge in [-0.2, -0.15) is 26.3 Å². The number of rotatable bonds is 8. The monoisotopic (exact) mass is 931 g/mol. The number of ether oxygens (including phenoxy) is 2. The average Bonchev–Trinajstić information content (AvgIpc) is 3.26. The van der Waals surface area contributed by atoms with Crippen LogP contribution in [-0.2, 0) is 33.4 Å². The van der Waals surface area contributed by atoms with Crippen LogP contribution in [0, 0.1) is 18.2 Å². The van der Waals surface area contributed by atoms with E-state index in [4.69, 9.17) is 29.6 Å². The topological polar surface area (TPSA) is 151 Å². The maximum Gasteiger partial charge on any atom is 0.425 e. The van der Waals surface area contributed by atoms with Gasteiger partial charge in [-0.1, -0.05) is 23.7 Å². The van der Waals surface area contributed by atoms with E-state index in [0.29, 0.717) is 49.6 Å². The van der Waals surface area contributed by atoms with Gasteiger partial charge in [0.1, 0.15) is 36.1 Å². The molecule has 0 fully saturated rings. The van der Waals surface area contributed by atoms with Crippen LogP contribution in [-0.4, -0.2) is 69.9 Å². The molecule has 4 atom stereocenters. The van der Waals surface area contributed by atoms with Gasteiger partial charge in [-0.25, -0.2) is 32.4 Å². The highest BCUT2D eigenvalue weighted by Gasteiger charge is 2.53. The number of nitrogens with zero attached hydrogens (tertiary/aromatic N) is 7. The molecule has 65 heavy (non-hydrogen) atoms. The Kier molecular flexibility index (Phi) is 12.8. The van der Waals surface area contributed by atoms with E-state index in [1.165, 1.54) is 42.9 Å². The molecule has 0 saturated heterocycles. The van der Waals surface area contributed by atoms with Crippen LogP contribution in [0.25, 0.3) is 26.7 Å². The summed E-state index contributed by atoms with van der Waals surface area (Å²) in [4.78, 5) is 28.0. The number of halogens is 11. The SMILES string of the molecule is NC1=N[C@](CF)(c2cc(Cc3nccc4cc(Cl)cnc34)ccc2F)C[C@@H](C(F)(F)F)O1.[C-]#[N+]c1cnc2c(Cc3ccc(F)c([C@]4(CF)C[C@@H](C(F)(F)F)OC(N)=N4)c3)nccc2c1. The fourth-order valence-electron chi connectivity index (χ4n) is 7.56. The molecule has 4 N–H and O–H groups in total. The van der Waals surface area contributed by atoms with Crippen LogP contribution in [0.1, 0.15) is 46.5 Å². The predicted octanol–water partition coefficient (Wildman–Crippen LogP) is 9.58. The number of fused-ring (bicyclic) bond motifs is 2. The molecule has 338 valence electrons. The maximum atomic E-state index is 14.8. The van der Waals surface area contributed by atoms with E-state index in [-0.39, 0.29) is 24.0 Å². The summed E-state index contributed by atoms with van der Waals surface area (Å²) in [5.74, 6) is -1.82. The van der Waals surface area contributed by atoms with Crippen molar-refractivity contribution >= 4 is 51.1 Å². The van der Waals surface area contributed by atoms with Gasteiger partial charge < -0.3 is 20.9 Å². The molecular weight excluding hydrogens is 900 g/mol. The number of amidine groups is 2. The van der Waals surface area contributed by atoms with Crippen molar-refractivity contribution in [3.8, 4) is 0 Å². The second-order valence-electron chi connectivity index (χ2n) is 15.0. The highest BCUT2D eigenvalue weighted by Crippen LogP contribution is 2.43. The molecular formula is C43H32ClF10N9O2. The zero-order valence-corrected chi connectivity index (χ0v) is 34.0. The Hall–Kier alpha value is -6.82. The third-order valence-electron chi connectivity index (χ3n) is 10.6. The predicted molar refractivity (Wildman–Crippen MR) is 218 cm³/mol. The van der Waals surface area contributed by atoms with Crippen molar-refractivity contribution in [2.75, 3.05) is 13.3 Å². The number of pyridine rings is 4. The van der Waals surface area contributed by atoms with Crippen LogP contribution >= 0.6 is 11.6 Å². The fourth-order valence-corrected chi connectivity index (χ4v) is 7.72. The van der Waals surface area contributed by atoms with Crippen LogP contribution in [0.3, 0.4) is 0 Å². The van der Waals surface area contributed by atoms with Crippen LogP contribution in [0.2, 0.25) is 5.02 Å². The van der Waals surface area contributed by atoms with E-state index < -0.39 is 85.5 Å². The average molecular weight is 932 g/mol. The number of nitrogens with two attached hydrogens (primary N) is 2. The normalized spacial score (nSPS) is 21.0. The third kappa shape index (κ3) is 9.82. The number of aliphatic imine (C=N–C) groups is 2. The third-order valence-corrected chi connectivity index (χ3v) is 10.8. The van der Waals surface area contributed by atoms with Gasteiger partial charge in [-0.3, -0.25) is 19.9 Å². The molecule has 4 aromatic heterocycles. The first kappa shape index (κ1) is 46.2. The molecule has 0 amide bonds. The van der Waals surface area contributed by atoms with E-state index in [2.05, 4.69) is 44.2 Å².